The van der Waals surface area contributed by atoms with E-state index in [1.54, 1.807) is 12.4 Å². The molecule has 0 saturated heterocycles. The molecule has 0 fully saturated rings. The molecule has 0 bridgehead atoms. The Morgan fingerprint density at radius 1 is 1.05 bits per heavy atom. The minimum absolute atomic E-state index is 0.358. The van der Waals surface area contributed by atoms with Gasteiger partial charge in [-0.2, -0.15) is 0 Å². The fraction of sp³-hybridized carbons (Fsp3) is 0.0714. The normalized spacial score (nSPS) is 10.4. The summed E-state index contributed by atoms with van der Waals surface area (Å²) in [7, 11) is 0. The summed E-state index contributed by atoms with van der Waals surface area (Å²) in [5.74, 6) is 0.453. The highest BCUT2D eigenvalue weighted by Crippen LogP contribution is 2.20. The Kier molecular flexibility index (Phi) is 3.60. The summed E-state index contributed by atoms with van der Waals surface area (Å²) in [6.07, 6.45) is 3.35. The molecule has 0 aliphatic heterocycles. The van der Waals surface area contributed by atoms with E-state index in [0.717, 1.165) is 11.1 Å². The van der Waals surface area contributed by atoms with Gasteiger partial charge in [-0.25, -0.2) is 0 Å². The van der Waals surface area contributed by atoms with Crippen molar-refractivity contribution in [3.63, 3.8) is 0 Å². The Morgan fingerprint density at radius 2 is 1.85 bits per heavy atom. The molecule has 0 aliphatic rings. The third-order valence-corrected chi connectivity index (χ3v) is 3.11. The van der Waals surface area contributed by atoms with Crippen molar-refractivity contribution in [1.82, 2.24) is 15.2 Å². The van der Waals surface area contributed by atoms with Crippen LogP contribution in [-0.4, -0.2) is 15.2 Å². The first kappa shape index (κ1) is 12.6. The molecule has 0 amide bonds. The number of pyridine rings is 1. The minimum Gasteiger partial charge on any atom is -0.403 e. The standard InChI is InChI=1S/C14H11ClN4O/c15-12-4-2-1-3-11(12)9-17-14-19-18-13(20-14)10-5-7-16-8-6-10/h1-8H,9H2,(H,17,19). The second-order valence-corrected chi connectivity index (χ2v) is 4.50. The molecular formula is C14H11ClN4O. The lowest BCUT2D eigenvalue weighted by molar-refractivity contribution is 0.581. The van der Waals surface area contributed by atoms with Crippen LogP contribution in [-0.2, 0) is 6.54 Å². The molecule has 6 heteroatoms. The number of hydrogen-bond donors (Lipinski definition) is 1. The van der Waals surface area contributed by atoms with Gasteiger partial charge in [0.1, 0.15) is 0 Å². The number of hydrogen-bond acceptors (Lipinski definition) is 5. The van der Waals surface area contributed by atoms with Crippen LogP contribution in [0.1, 0.15) is 5.56 Å². The van der Waals surface area contributed by atoms with Crippen LogP contribution in [0.3, 0.4) is 0 Å². The maximum atomic E-state index is 6.08. The van der Waals surface area contributed by atoms with Crippen molar-refractivity contribution in [3.05, 3.63) is 59.4 Å². The van der Waals surface area contributed by atoms with Crippen LogP contribution in [0.5, 0.6) is 0 Å². The van der Waals surface area contributed by atoms with Crippen molar-refractivity contribution in [1.29, 1.82) is 0 Å². The Balaban J connectivity index is 1.71. The van der Waals surface area contributed by atoms with Gasteiger partial charge in [0.15, 0.2) is 0 Å². The fourth-order valence-corrected chi connectivity index (χ4v) is 1.92. The SMILES string of the molecule is Clc1ccccc1CNc1nnc(-c2ccncc2)o1. The van der Waals surface area contributed by atoms with Gasteiger partial charge in [0.2, 0.25) is 5.89 Å². The number of nitrogens with zero attached hydrogens (tertiary/aromatic N) is 3. The zero-order chi connectivity index (χ0) is 13.8. The molecule has 0 aliphatic carbocycles. The summed E-state index contributed by atoms with van der Waals surface area (Å²) in [4.78, 5) is 3.94. The highest BCUT2D eigenvalue weighted by atomic mass is 35.5. The second-order valence-electron chi connectivity index (χ2n) is 4.09. The van der Waals surface area contributed by atoms with E-state index in [-0.39, 0.29) is 0 Å². The van der Waals surface area contributed by atoms with Crippen LogP contribution < -0.4 is 5.32 Å². The summed E-state index contributed by atoms with van der Waals surface area (Å²) >= 11 is 6.08. The Labute approximate surface area is 120 Å². The molecule has 5 nitrogen and oxygen atoms in total. The molecule has 2 aromatic heterocycles. The van der Waals surface area contributed by atoms with Crippen LogP contribution in [0, 0.1) is 0 Å². The molecule has 0 spiro atoms. The first-order chi connectivity index (χ1) is 9.83. The van der Waals surface area contributed by atoms with E-state index in [4.69, 9.17) is 16.0 Å². The van der Waals surface area contributed by atoms with Gasteiger partial charge in [-0.05, 0) is 23.8 Å². The van der Waals surface area contributed by atoms with E-state index in [1.807, 2.05) is 36.4 Å². The van der Waals surface area contributed by atoms with Crippen molar-refractivity contribution in [2.45, 2.75) is 6.54 Å². The van der Waals surface area contributed by atoms with E-state index in [2.05, 4.69) is 20.5 Å². The summed E-state index contributed by atoms with van der Waals surface area (Å²) in [6, 6.07) is 11.6. The quantitative estimate of drug-likeness (QED) is 0.796. The van der Waals surface area contributed by atoms with Gasteiger partial charge >= 0.3 is 6.01 Å². The maximum absolute atomic E-state index is 6.08. The smallest absolute Gasteiger partial charge is 0.316 e. The van der Waals surface area contributed by atoms with Gasteiger partial charge < -0.3 is 9.73 Å². The van der Waals surface area contributed by atoms with E-state index in [0.29, 0.717) is 23.5 Å². The largest absolute Gasteiger partial charge is 0.403 e. The third kappa shape index (κ3) is 2.78. The molecule has 20 heavy (non-hydrogen) atoms. The maximum Gasteiger partial charge on any atom is 0.316 e. The number of nitrogens with one attached hydrogen (secondary N) is 1. The van der Waals surface area contributed by atoms with E-state index in [9.17, 15) is 0 Å². The summed E-state index contributed by atoms with van der Waals surface area (Å²) in [5.41, 5.74) is 1.80. The molecule has 1 N–H and O–H groups in total. The highest BCUT2D eigenvalue weighted by molar-refractivity contribution is 6.31. The van der Waals surface area contributed by atoms with Crippen molar-refractivity contribution < 1.29 is 4.42 Å². The van der Waals surface area contributed by atoms with E-state index >= 15 is 0 Å². The molecule has 3 rings (SSSR count). The van der Waals surface area contributed by atoms with Crippen molar-refractivity contribution in [3.8, 4) is 11.5 Å². The lowest BCUT2D eigenvalue weighted by atomic mass is 10.2. The summed E-state index contributed by atoms with van der Waals surface area (Å²) in [6.45, 7) is 0.525. The first-order valence-corrected chi connectivity index (χ1v) is 6.42. The predicted octanol–water partition coefficient (Wildman–Crippen LogP) is 3.40. The second kappa shape index (κ2) is 5.71. The zero-order valence-corrected chi connectivity index (χ0v) is 11.2. The lowest BCUT2D eigenvalue weighted by Gasteiger charge is -2.03. The zero-order valence-electron chi connectivity index (χ0n) is 10.5. The predicted molar refractivity (Wildman–Crippen MR) is 76.3 cm³/mol. The fourth-order valence-electron chi connectivity index (χ4n) is 1.72. The van der Waals surface area contributed by atoms with Gasteiger partial charge in [-0.15, -0.1) is 5.10 Å². The highest BCUT2D eigenvalue weighted by Gasteiger charge is 2.08. The van der Waals surface area contributed by atoms with Gasteiger partial charge in [0.05, 0.1) is 0 Å². The van der Waals surface area contributed by atoms with Gasteiger partial charge in [0.25, 0.3) is 0 Å². The molecule has 0 atom stereocenters. The Hall–Kier alpha value is -2.40. The lowest BCUT2D eigenvalue weighted by Crippen LogP contribution is -1.99. The van der Waals surface area contributed by atoms with Crippen molar-refractivity contribution in [2.75, 3.05) is 5.32 Å². The van der Waals surface area contributed by atoms with Crippen LogP contribution in [0.2, 0.25) is 5.02 Å². The molecule has 0 unspecified atom stereocenters. The number of aromatic nitrogens is 3. The van der Waals surface area contributed by atoms with Gasteiger partial charge in [-0.3, -0.25) is 4.98 Å². The monoisotopic (exact) mass is 286 g/mol. The van der Waals surface area contributed by atoms with Gasteiger partial charge in [-0.1, -0.05) is 34.9 Å². The number of anilines is 1. The average Bonchev–Trinajstić information content (AvgIpc) is 2.96. The van der Waals surface area contributed by atoms with E-state index < -0.39 is 0 Å². The molecule has 0 radical (unpaired) electrons. The molecule has 0 saturated carbocycles. The van der Waals surface area contributed by atoms with Crippen LogP contribution in [0.4, 0.5) is 6.01 Å². The van der Waals surface area contributed by atoms with Crippen LogP contribution in [0.25, 0.3) is 11.5 Å². The molecule has 3 aromatic rings. The van der Waals surface area contributed by atoms with Crippen molar-refractivity contribution in [2.24, 2.45) is 0 Å². The van der Waals surface area contributed by atoms with E-state index in [1.165, 1.54) is 0 Å². The minimum atomic E-state index is 0.358. The first-order valence-electron chi connectivity index (χ1n) is 6.04. The Morgan fingerprint density at radius 3 is 2.65 bits per heavy atom. The van der Waals surface area contributed by atoms with Crippen molar-refractivity contribution >= 4 is 17.6 Å². The Bertz CT molecular complexity index is 699. The molecular weight excluding hydrogens is 276 g/mol. The summed E-state index contributed by atoms with van der Waals surface area (Å²) < 4.78 is 5.53. The van der Waals surface area contributed by atoms with Crippen LogP contribution >= 0.6 is 11.6 Å². The molecule has 100 valence electrons. The number of benzene rings is 1. The number of halogens is 1. The average molecular weight is 287 g/mol. The number of rotatable bonds is 4. The topological polar surface area (TPSA) is 63.8 Å². The molecule has 1 aromatic carbocycles. The van der Waals surface area contributed by atoms with Crippen LogP contribution in [0.15, 0.2) is 53.2 Å². The molecule has 2 heterocycles. The van der Waals surface area contributed by atoms with Gasteiger partial charge in [0, 0.05) is 29.5 Å². The summed E-state index contributed by atoms with van der Waals surface area (Å²) in [5, 5.41) is 11.7. The third-order valence-electron chi connectivity index (χ3n) is 2.74.